The van der Waals surface area contributed by atoms with E-state index in [2.05, 4.69) is 4.74 Å². The Balaban J connectivity index is 0.000000232. The van der Waals surface area contributed by atoms with Gasteiger partial charge in [-0.2, -0.15) is 0 Å². The Kier molecular flexibility index (Phi) is 32.4. The zero-order valence-corrected chi connectivity index (χ0v) is 61.8. The van der Waals surface area contributed by atoms with Gasteiger partial charge in [0.1, 0.15) is 81.6 Å². The first-order valence-corrected chi connectivity index (χ1v) is 32.6. The zero-order chi connectivity index (χ0) is 82.0. The third kappa shape index (κ3) is 23.0. The van der Waals surface area contributed by atoms with E-state index in [1.165, 1.54) is 116 Å². The average Bonchev–Trinajstić information content (AvgIpc) is 0.874. The molecule has 0 saturated heterocycles. The number of alkyl halides is 1. The SMILES string of the molecule is CCOC(=O)C(=O)CC(=O)c1cc(OC)c(O)cc1O.CCOC(=O)c1cc(=O)c2cc(OC)c(O)cc2o1.COc1cc(C(C)=O)c(O)cc1O.COc1cc2c(=O)cc(CCl)oc2cc1C.COc1cc2c(=O)cc(CO)oc2cc1C.COc1cc2c(=O)cc(CO)oc2cc1O.COc1ccc(O)cc1O. The van der Waals surface area contributed by atoms with Crippen LogP contribution in [0.3, 0.4) is 0 Å². The molecule has 0 saturated carbocycles. The van der Waals surface area contributed by atoms with Gasteiger partial charge in [-0.25, -0.2) is 9.59 Å². The Bertz CT molecular complexity index is 5140. The van der Waals surface area contributed by atoms with Crippen LogP contribution in [0.1, 0.15) is 86.9 Å². The topological polar surface area (TPSA) is 492 Å². The molecule has 0 fully saturated rings. The fourth-order valence-corrected chi connectivity index (χ4v) is 9.63. The van der Waals surface area contributed by atoms with E-state index in [1.807, 2.05) is 13.8 Å². The Morgan fingerprint density at radius 3 is 1.15 bits per heavy atom. The second-order valence-corrected chi connectivity index (χ2v) is 22.6. The molecule has 0 unspecified atom stereocenters. The van der Waals surface area contributed by atoms with Gasteiger partial charge in [0.15, 0.2) is 90.8 Å². The highest BCUT2D eigenvalue weighted by atomic mass is 35.5. The van der Waals surface area contributed by atoms with E-state index in [9.17, 15) is 73.8 Å². The molecule has 0 spiro atoms. The quantitative estimate of drug-likeness (QED) is 0.0125. The number of fused-ring (bicyclic) bond motifs is 4. The number of aliphatic hydroxyl groups is 2. The minimum absolute atomic E-state index is 0.0248. The number of benzene rings is 7. The molecular formula is C77H77ClO32. The van der Waals surface area contributed by atoms with Crippen LogP contribution in [-0.2, 0) is 38.2 Å². The molecule has 110 heavy (non-hydrogen) atoms. The summed E-state index contributed by atoms with van der Waals surface area (Å²) in [5.74, 6) is -2.45. The van der Waals surface area contributed by atoms with Gasteiger partial charge in [-0.05, 0) is 106 Å². The van der Waals surface area contributed by atoms with Crippen molar-refractivity contribution < 1.29 is 135 Å². The molecule has 0 atom stereocenters. The van der Waals surface area contributed by atoms with Crippen molar-refractivity contribution in [1.29, 1.82) is 0 Å². The molecule has 0 radical (unpaired) electrons. The number of halogens is 1. The maximum Gasteiger partial charge on any atom is 0.375 e. The first-order chi connectivity index (χ1) is 52.2. The number of hydrogen-bond donors (Lipinski definition) is 10. The molecule has 0 aliphatic heterocycles. The van der Waals surface area contributed by atoms with E-state index in [4.69, 9.17) is 87.6 Å². The first-order valence-electron chi connectivity index (χ1n) is 32.1. The molecule has 7 aromatic carbocycles. The second-order valence-electron chi connectivity index (χ2n) is 22.3. The van der Waals surface area contributed by atoms with E-state index in [-0.39, 0.29) is 163 Å². The number of aryl methyl sites for hydroxylation is 2. The van der Waals surface area contributed by atoms with Gasteiger partial charge >= 0.3 is 11.9 Å². The summed E-state index contributed by atoms with van der Waals surface area (Å²) in [6, 6.07) is 25.6. The summed E-state index contributed by atoms with van der Waals surface area (Å²) in [4.78, 5) is 104. The molecule has 10 N–H and O–H groups in total. The van der Waals surface area contributed by atoms with Crippen LogP contribution in [0.4, 0.5) is 0 Å². The van der Waals surface area contributed by atoms with Gasteiger partial charge in [-0.3, -0.25) is 33.6 Å². The number of esters is 2. The standard InChI is InChI=1S/C13H14O7.C13H12O6.C12H11ClO3.C12H12O4.C11H10O5.C9H10O4.C7H8O3/c1-3-20-13(18)11(17)6-9(15)7-4-12(19-2)10(16)5-8(7)14;1-3-18-13(16)12-5-8(14)7-4-11(17-2)9(15)6-10(7)19-12;2*1-7-3-12-9(5-11(7)15-2)10(14)4-8(6-13)16-12;1-15-11-3-7-8(13)2-6(5-12)16-10(7)4-9(11)14;1-5(10)6-3-9(13-2)8(12)4-7(6)11;1-10-7-3-2-5(8)4-6(7)9/h4-5,14,16H,3,6H2,1-2H3;4-6,15H,3H2,1-2H3;3-5H,6H2,1-2H3;3-5,13H,6H2,1-2H3;2-4,12,14H,5H2,1H3;3-4,11-12H,1-2H3;2-4,8-9H,1H3. The van der Waals surface area contributed by atoms with Crippen molar-refractivity contribution in [2.24, 2.45) is 0 Å². The number of Topliss-reactive ketones (excluding diaryl/α,β-unsaturated/α-hetero) is 3. The van der Waals surface area contributed by atoms with Crippen molar-refractivity contribution in [2.45, 2.75) is 60.1 Å². The third-order valence-corrected chi connectivity index (χ3v) is 15.1. The van der Waals surface area contributed by atoms with E-state index in [1.54, 1.807) is 45.4 Å². The van der Waals surface area contributed by atoms with Crippen LogP contribution in [-0.4, -0.2) is 143 Å². The molecule has 0 bridgehead atoms. The highest BCUT2D eigenvalue weighted by Gasteiger charge is 2.24. The van der Waals surface area contributed by atoms with Gasteiger partial charge in [0, 0.05) is 54.6 Å². The van der Waals surface area contributed by atoms with E-state index >= 15 is 0 Å². The molecule has 11 rings (SSSR count). The van der Waals surface area contributed by atoms with Crippen molar-refractivity contribution in [2.75, 3.05) is 63.0 Å². The lowest BCUT2D eigenvalue weighted by Crippen LogP contribution is -2.20. The van der Waals surface area contributed by atoms with Gasteiger partial charge < -0.3 is 111 Å². The van der Waals surface area contributed by atoms with Crippen LogP contribution >= 0.6 is 11.6 Å². The van der Waals surface area contributed by atoms with E-state index in [0.29, 0.717) is 50.3 Å². The Morgan fingerprint density at radius 1 is 0.391 bits per heavy atom. The summed E-state index contributed by atoms with van der Waals surface area (Å²) in [5.41, 5.74) is 2.05. The van der Waals surface area contributed by atoms with Crippen LogP contribution < -0.4 is 54.9 Å². The maximum atomic E-state index is 11.9. The summed E-state index contributed by atoms with van der Waals surface area (Å²) in [6.45, 7) is 7.82. The summed E-state index contributed by atoms with van der Waals surface area (Å²) >= 11 is 5.64. The number of ketones is 3. The summed E-state index contributed by atoms with van der Waals surface area (Å²) in [7, 11) is 9.98. The molecule has 0 amide bonds. The highest BCUT2D eigenvalue weighted by molar-refractivity contribution is 6.38. The zero-order valence-electron chi connectivity index (χ0n) is 61.0. The van der Waals surface area contributed by atoms with Crippen LogP contribution in [0, 0.1) is 13.8 Å². The van der Waals surface area contributed by atoms with Crippen molar-refractivity contribution in [1.82, 2.24) is 0 Å². The molecule has 32 nitrogen and oxygen atoms in total. The Hall–Kier alpha value is -13.5. The van der Waals surface area contributed by atoms with Gasteiger partial charge in [-0.15, -0.1) is 11.6 Å². The largest absolute Gasteiger partial charge is 0.508 e. The summed E-state index contributed by atoms with van der Waals surface area (Å²) in [5, 5.41) is 93.7. The number of rotatable bonds is 18. The monoisotopic (exact) mass is 1550 g/mol. The van der Waals surface area contributed by atoms with Crippen molar-refractivity contribution >= 4 is 84.8 Å². The molecule has 11 aromatic rings. The number of phenols is 8. The van der Waals surface area contributed by atoms with Crippen molar-refractivity contribution in [3.63, 3.8) is 0 Å². The molecule has 0 aliphatic rings. The number of aliphatic hydroxyl groups excluding tert-OH is 2. The van der Waals surface area contributed by atoms with Gasteiger partial charge in [0.25, 0.3) is 0 Å². The molecule has 584 valence electrons. The van der Waals surface area contributed by atoms with E-state index in [0.717, 1.165) is 35.4 Å². The number of aromatic hydroxyl groups is 8. The number of methoxy groups -OCH3 is 7. The number of carbonyl (C=O) groups excluding carboxylic acids is 5. The molecule has 33 heteroatoms. The summed E-state index contributed by atoms with van der Waals surface area (Å²) in [6.07, 6.45) is -0.736. The second kappa shape index (κ2) is 40.9. The van der Waals surface area contributed by atoms with E-state index < -0.39 is 41.1 Å². The highest BCUT2D eigenvalue weighted by Crippen LogP contribution is 2.37. The lowest BCUT2D eigenvalue weighted by Gasteiger charge is -2.08. The van der Waals surface area contributed by atoms with Crippen LogP contribution in [0.5, 0.6) is 86.2 Å². The predicted octanol–water partition coefficient (Wildman–Crippen LogP) is 10.4. The molecule has 4 heterocycles. The van der Waals surface area contributed by atoms with Crippen LogP contribution in [0.2, 0.25) is 0 Å². The third-order valence-electron chi connectivity index (χ3n) is 14.9. The number of hydrogen-bond acceptors (Lipinski definition) is 32. The number of carbonyl (C=O) groups is 5. The smallest absolute Gasteiger partial charge is 0.375 e. The van der Waals surface area contributed by atoms with Crippen LogP contribution in [0.25, 0.3) is 43.9 Å². The molecular weight excluding hydrogens is 1470 g/mol. The minimum Gasteiger partial charge on any atom is -0.508 e. The van der Waals surface area contributed by atoms with Gasteiger partial charge in [0.05, 0.1) is 108 Å². The lowest BCUT2D eigenvalue weighted by atomic mass is 10.0. The predicted molar refractivity (Wildman–Crippen MR) is 396 cm³/mol. The maximum absolute atomic E-state index is 11.9. The number of phenolic OH excluding ortho intramolecular Hbond substituents is 8. The Morgan fingerprint density at radius 2 is 0.745 bits per heavy atom. The number of ether oxygens (including phenoxy) is 9. The molecule has 4 aromatic heterocycles. The summed E-state index contributed by atoms with van der Waals surface area (Å²) < 4.78 is 64.9. The Labute approximate surface area is 628 Å². The fraction of sp³-hybridized carbons (Fsp3) is 0.234. The van der Waals surface area contributed by atoms with Crippen LogP contribution in [0.15, 0.2) is 152 Å². The van der Waals surface area contributed by atoms with Crippen molar-refractivity contribution in [3.05, 3.63) is 201 Å². The van der Waals surface area contributed by atoms with Crippen molar-refractivity contribution in [3.8, 4) is 86.2 Å². The fourth-order valence-electron chi connectivity index (χ4n) is 9.50. The average molecular weight is 1550 g/mol. The lowest BCUT2D eigenvalue weighted by molar-refractivity contribution is -0.153. The first kappa shape index (κ1) is 87.2. The molecule has 0 aliphatic carbocycles. The normalized spacial score (nSPS) is 10.2. The van der Waals surface area contributed by atoms with Gasteiger partial charge in [-0.1, -0.05) is 0 Å². The minimum atomic E-state index is -1.11. The van der Waals surface area contributed by atoms with Gasteiger partial charge in [0.2, 0.25) is 11.5 Å².